The van der Waals surface area contributed by atoms with Crippen molar-refractivity contribution in [3.05, 3.63) is 46.1 Å². The lowest BCUT2D eigenvalue weighted by atomic mass is 9.95. The average Bonchev–Trinajstić information content (AvgIpc) is 3.48. The van der Waals surface area contributed by atoms with Gasteiger partial charge in [-0.25, -0.2) is 4.79 Å². The van der Waals surface area contributed by atoms with Gasteiger partial charge in [0.25, 0.3) is 0 Å². The number of unbranched alkanes of at least 4 members (excludes halogenated alkanes) is 1. The molecule has 2 unspecified atom stereocenters. The fraction of sp³-hybridized carbons (Fsp3) is 0.706. The van der Waals surface area contributed by atoms with E-state index in [9.17, 15) is 9.59 Å². The first-order chi connectivity index (χ1) is 19.6. The predicted octanol–water partition coefficient (Wildman–Crippen LogP) is 9.23. The van der Waals surface area contributed by atoms with Gasteiger partial charge in [-0.2, -0.15) is 11.8 Å². The largest absolute Gasteiger partial charge is 0.461 e. The van der Waals surface area contributed by atoms with Crippen molar-refractivity contribution >= 4 is 39.6 Å². The minimum absolute atomic E-state index is 0.0428. The summed E-state index contributed by atoms with van der Waals surface area (Å²) in [5, 5.41) is 6.14. The molecular formula is C34H59BrN2O3S. The van der Waals surface area contributed by atoms with Gasteiger partial charge < -0.3 is 15.4 Å². The fourth-order valence-corrected chi connectivity index (χ4v) is 5.33. The van der Waals surface area contributed by atoms with Crippen LogP contribution in [-0.2, 0) is 14.3 Å². The summed E-state index contributed by atoms with van der Waals surface area (Å²) >= 11 is 5.02. The van der Waals surface area contributed by atoms with Gasteiger partial charge in [-0.15, -0.1) is 0 Å². The van der Waals surface area contributed by atoms with Crippen LogP contribution in [0.25, 0.3) is 0 Å². The van der Waals surface area contributed by atoms with Gasteiger partial charge in [-0.3, -0.25) is 4.79 Å². The van der Waals surface area contributed by atoms with Crippen LogP contribution in [0.15, 0.2) is 40.5 Å². The molecule has 1 aromatic carbocycles. The van der Waals surface area contributed by atoms with Crippen molar-refractivity contribution in [2.45, 2.75) is 124 Å². The molecule has 5 nitrogen and oxygen atoms in total. The zero-order chi connectivity index (χ0) is 31.0. The molecule has 0 bridgehead atoms. The molecule has 0 aliphatic heterocycles. The number of hydrogen-bond acceptors (Lipinski definition) is 5. The van der Waals surface area contributed by atoms with Crippen LogP contribution in [0, 0.1) is 18.8 Å². The molecule has 1 amide bonds. The molecule has 1 aromatic rings. The zero-order valence-corrected chi connectivity index (χ0v) is 29.6. The maximum absolute atomic E-state index is 12.2. The summed E-state index contributed by atoms with van der Waals surface area (Å²) in [4.78, 5) is 24.3. The van der Waals surface area contributed by atoms with E-state index in [0.29, 0.717) is 18.8 Å². The third-order valence-corrected chi connectivity index (χ3v) is 8.67. The highest BCUT2D eigenvalue weighted by molar-refractivity contribution is 9.10. The van der Waals surface area contributed by atoms with Gasteiger partial charge in [0.1, 0.15) is 12.1 Å². The van der Waals surface area contributed by atoms with Gasteiger partial charge >= 0.3 is 5.97 Å². The molecule has 41 heavy (non-hydrogen) atoms. The normalized spacial score (nSPS) is 15.4. The highest BCUT2D eigenvalue weighted by Gasteiger charge is 2.26. The molecule has 236 valence electrons. The third kappa shape index (κ3) is 19.4. The van der Waals surface area contributed by atoms with E-state index in [4.69, 9.17) is 4.74 Å². The van der Waals surface area contributed by atoms with Crippen LogP contribution in [0.5, 0.6) is 0 Å². The molecule has 3 atom stereocenters. The average molecular weight is 656 g/mol. The number of halogens is 1. The maximum atomic E-state index is 12.2. The number of ether oxygens (including phenoxy) is 1. The summed E-state index contributed by atoms with van der Waals surface area (Å²) in [5.41, 5.74) is 2.71. The van der Waals surface area contributed by atoms with Crippen LogP contribution in [0.1, 0.15) is 111 Å². The van der Waals surface area contributed by atoms with Crippen molar-refractivity contribution in [1.82, 2.24) is 10.6 Å². The number of aryl methyl sites for hydroxylation is 1. The molecule has 1 aliphatic rings. The highest BCUT2D eigenvalue weighted by Crippen LogP contribution is 2.22. The summed E-state index contributed by atoms with van der Waals surface area (Å²) in [7, 11) is 2.02. The van der Waals surface area contributed by atoms with Gasteiger partial charge in [-0.1, -0.05) is 86.7 Å². The van der Waals surface area contributed by atoms with Gasteiger partial charge in [-0.05, 0) is 94.8 Å². The lowest BCUT2D eigenvalue weighted by Gasteiger charge is -2.20. The first kappa shape index (κ1) is 39.5. The number of allylic oxidation sites excluding steroid dienone is 2. The Morgan fingerprint density at radius 2 is 1.73 bits per heavy atom. The first-order valence-electron chi connectivity index (χ1n) is 15.7. The van der Waals surface area contributed by atoms with E-state index in [2.05, 4.69) is 79.4 Å². The zero-order valence-electron chi connectivity index (χ0n) is 27.2. The molecule has 0 heterocycles. The van der Waals surface area contributed by atoms with Crippen molar-refractivity contribution in [3.8, 4) is 0 Å². The van der Waals surface area contributed by atoms with Crippen molar-refractivity contribution in [2.24, 2.45) is 11.8 Å². The Hall–Kier alpha value is -1.47. The summed E-state index contributed by atoms with van der Waals surface area (Å²) < 4.78 is 6.68. The third-order valence-electron chi connectivity index (χ3n) is 7.50. The Kier molecular flexibility index (Phi) is 24.2. The summed E-state index contributed by atoms with van der Waals surface area (Å²) in [6.07, 6.45) is 15.7. The van der Waals surface area contributed by atoms with Crippen LogP contribution < -0.4 is 10.6 Å². The van der Waals surface area contributed by atoms with E-state index in [1.165, 1.54) is 36.9 Å². The molecule has 0 spiro atoms. The number of esters is 1. The van der Waals surface area contributed by atoms with Gasteiger partial charge in [0.15, 0.2) is 0 Å². The topological polar surface area (TPSA) is 67.4 Å². The lowest BCUT2D eigenvalue weighted by molar-refractivity contribution is -0.152. The molecule has 1 fully saturated rings. The smallest absolute Gasteiger partial charge is 0.328 e. The Balaban J connectivity index is 0.000000669. The molecular weight excluding hydrogens is 596 g/mol. The molecule has 2 rings (SSSR count). The van der Waals surface area contributed by atoms with Gasteiger partial charge in [0, 0.05) is 23.6 Å². The van der Waals surface area contributed by atoms with Crippen LogP contribution >= 0.6 is 27.7 Å². The number of amides is 1. The molecule has 7 heteroatoms. The van der Waals surface area contributed by atoms with Crippen molar-refractivity contribution < 1.29 is 14.3 Å². The second kappa shape index (κ2) is 25.1. The molecule has 1 saturated carbocycles. The van der Waals surface area contributed by atoms with E-state index in [0.717, 1.165) is 48.2 Å². The minimum Gasteiger partial charge on any atom is -0.461 e. The Morgan fingerprint density at radius 3 is 2.20 bits per heavy atom. The van der Waals surface area contributed by atoms with Crippen LogP contribution in [0.4, 0.5) is 0 Å². The van der Waals surface area contributed by atoms with Crippen LogP contribution in [0.3, 0.4) is 0 Å². The van der Waals surface area contributed by atoms with Gasteiger partial charge in [0.05, 0.1) is 0 Å². The minimum atomic E-state index is -0.491. The Labute approximate surface area is 264 Å². The van der Waals surface area contributed by atoms with E-state index in [1.807, 2.05) is 32.4 Å². The van der Waals surface area contributed by atoms with E-state index >= 15 is 0 Å². The Morgan fingerprint density at radius 1 is 1.10 bits per heavy atom. The van der Waals surface area contributed by atoms with Crippen molar-refractivity contribution in [3.63, 3.8) is 0 Å². The van der Waals surface area contributed by atoms with Crippen molar-refractivity contribution in [2.75, 3.05) is 19.1 Å². The van der Waals surface area contributed by atoms with E-state index in [1.54, 1.807) is 11.8 Å². The lowest BCUT2D eigenvalue weighted by Crippen LogP contribution is -2.43. The summed E-state index contributed by atoms with van der Waals surface area (Å²) in [5.74, 6) is 1.64. The molecule has 0 radical (unpaired) electrons. The van der Waals surface area contributed by atoms with E-state index in [-0.39, 0.29) is 18.0 Å². The van der Waals surface area contributed by atoms with Crippen molar-refractivity contribution in [1.29, 1.82) is 0 Å². The van der Waals surface area contributed by atoms with Crippen LogP contribution in [-0.4, -0.2) is 43.1 Å². The highest BCUT2D eigenvalue weighted by atomic mass is 79.9. The number of benzene rings is 1. The Bertz CT molecular complexity index is 820. The number of thioether (sulfide) groups is 1. The number of carbonyl (C=O) groups is 2. The second-order valence-electron chi connectivity index (χ2n) is 11.0. The molecule has 2 N–H and O–H groups in total. The number of carbonyl (C=O) groups excluding carboxylic acids is 2. The van der Waals surface area contributed by atoms with Gasteiger partial charge in [0.2, 0.25) is 5.91 Å². The standard InChI is InChI=1S/C16H29NO3S.C11H23N.C7H7Br/c1-4-12(2)11-15(18)17-14(9-10-21-3)16(19)20-13-7-5-6-8-13;1-5-8-9-10(6-2)11(7-3)12-4;1-6-2-4-7(8)5-3-6/h12-14H,4-11H2,1-3H3,(H,17,18);7,10,12H,5-6,8-9H2,1-4H3;2-5H,1H3/b;11-7+;/t12?,14-;;/m0../s1. The molecule has 0 aromatic heterocycles. The number of hydrogen-bond donors (Lipinski definition) is 2. The summed E-state index contributed by atoms with van der Waals surface area (Å²) in [6.45, 7) is 12.8. The number of nitrogens with one attached hydrogen (secondary N) is 2. The predicted molar refractivity (Wildman–Crippen MR) is 182 cm³/mol. The molecule has 1 aliphatic carbocycles. The van der Waals surface area contributed by atoms with Crippen LogP contribution in [0.2, 0.25) is 0 Å². The fourth-order valence-electron chi connectivity index (χ4n) is 4.60. The van der Waals surface area contributed by atoms with E-state index < -0.39 is 6.04 Å². The quantitative estimate of drug-likeness (QED) is 0.185. The summed E-state index contributed by atoms with van der Waals surface area (Å²) in [6, 6.07) is 7.73. The SMILES string of the molecule is C/C=C(/NC)C(CC)CCCC.CCC(C)CC(=O)N[C@@H](CCSC)C(=O)OC1CCCC1.Cc1ccc(Br)cc1. The second-order valence-corrected chi connectivity index (χ2v) is 12.9. The first-order valence-corrected chi connectivity index (χ1v) is 17.9. The molecule has 0 saturated heterocycles. The maximum Gasteiger partial charge on any atom is 0.328 e. The monoisotopic (exact) mass is 654 g/mol. The number of rotatable bonds is 15.